The predicted octanol–water partition coefficient (Wildman–Crippen LogP) is 3.70. The summed E-state index contributed by atoms with van der Waals surface area (Å²) in [5, 5.41) is 7.12. The van der Waals surface area contributed by atoms with Gasteiger partial charge in [-0.25, -0.2) is 17.9 Å². The van der Waals surface area contributed by atoms with E-state index < -0.39 is 28.8 Å². The maximum atomic E-state index is 12.2. The number of aliphatic carboxylic acids is 1. The lowest BCUT2D eigenvalue weighted by molar-refractivity contribution is -0.192. The van der Waals surface area contributed by atoms with Crippen molar-refractivity contribution in [2.45, 2.75) is 50.4 Å². The monoisotopic (exact) mass is 504 g/mol. The largest absolute Gasteiger partial charge is 0.490 e. The van der Waals surface area contributed by atoms with Crippen molar-refractivity contribution in [1.29, 1.82) is 0 Å². The van der Waals surface area contributed by atoms with Gasteiger partial charge in [-0.1, -0.05) is 48.5 Å². The van der Waals surface area contributed by atoms with E-state index in [1.54, 1.807) is 0 Å². The number of benzene rings is 2. The molecule has 1 aliphatic rings. The highest BCUT2D eigenvalue weighted by atomic mass is 32.2. The first-order valence-corrected chi connectivity index (χ1v) is 12.3. The molecular formula is C23H28F4N2O4S. The van der Waals surface area contributed by atoms with E-state index in [1.807, 2.05) is 24.3 Å². The van der Waals surface area contributed by atoms with Gasteiger partial charge in [0, 0.05) is 18.5 Å². The van der Waals surface area contributed by atoms with E-state index in [1.165, 1.54) is 16.7 Å². The molecule has 34 heavy (non-hydrogen) atoms. The van der Waals surface area contributed by atoms with Crippen molar-refractivity contribution in [2.75, 3.05) is 12.4 Å². The number of aryl methyl sites for hydroxylation is 1. The van der Waals surface area contributed by atoms with Gasteiger partial charge in [0.05, 0.1) is 12.4 Å². The number of fused-ring (bicyclic) bond motifs is 1. The van der Waals surface area contributed by atoms with E-state index in [0.29, 0.717) is 0 Å². The molecule has 0 amide bonds. The van der Waals surface area contributed by atoms with Crippen molar-refractivity contribution in [3.05, 3.63) is 70.8 Å². The van der Waals surface area contributed by atoms with Gasteiger partial charge in [-0.3, -0.25) is 4.39 Å². The molecule has 188 valence electrons. The van der Waals surface area contributed by atoms with Crippen LogP contribution in [0.15, 0.2) is 48.5 Å². The zero-order valence-corrected chi connectivity index (χ0v) is 19.2. The molecule has 0 aromatic heterocycles. The lowest BCUT2D eigenvalue weighted by atomic mass is 9.76. The Balaban J connectivity index is 0.000000509. The molecule has 4 N–H and O–H groups in total. The van der Waals surface area contributed by atoms with Gasteiger partial charge in [0.1, 0.15) is 0 Å². The van der Waals surface area contributed by atoms with Gasteiger partial charge in [-0.05, 0) is 47.9 Å². The molecule has 2 aromatic rings. The van der Waals surface area contributed by atoms with E-state index in [-0.39, 0.29) is 30.7 Å². The molecule has 0 spiro atoms. The quantitative estimate of drug-likeness (QED) is 0.475. The van der Waals surface area contributed by atoms with Crippen LogP contribution in [0.4, 0.5) is 17.6 Å². The second kappa shape index (κ2) is 12.3. The minimum Gasteiger partial charge on any atom is -0.475 e. The van der Waals surface area contributed by atoms with E-state index in [0.717, 1.165) is 24.8 Å². The lowest BCUT2D eigenvalue weighted by Crippen LogP contribution is -2.34. The van der Waals surface area contributed by atoms with Crippen molar-refractivity contribution < 1.29 is 35.9 Å². The molecule has 0 fully saturated rings. The smallest absolute Gasteiger partial charge is 0.475 e. The Labute approximate surface area is 196 Å². The average molecular weight is 505 g/mol. The summed E-state index contributed by atoms with van der Waals surface area (Å²) in [5.41, 5.74) is 11.1. The third-order valence-corrected chi connectivity index (χ3v) is 6.87. The summed E-state index contributed by atoms with van der Waals surface area (Å²) in [6, 6.07) is 16.5. The zero-order chi connectivity index (χ0) is 25.4. The average Bonchev–Trinajstić information content (AvgIpc) is 2.79. The van der Waals surface area contributed by atoms with Crippen LogP contribution in [0, 0.1) is 0 Å². The van der Waals surface area contributed by atoms with E-state index >= 15 is 0 Å². The SMILES string of the molecule is NC1CCc2ccc(CNS(=O)(=O)CCCF)cc2C1Cc1ccccc1.O=C(O)C(F)(F)F. The number of carbonyl (C=O) groups is 1. The fourth-order valence-corrected chi connectivity index (χ4v) is 4.74. The van der Waals surface area contributed by atoms with Gasteiger partial charge in [0.2, 0.25) is 10.0 Å². The van der Waals surface area contributed by atoms with Crippen LogP contribution in [0.3, 0.4) is 0 Å². The number of nitrogens with one attached hydrogen (secondary N) is 1. The lowest BCUT2D eigenvalue weighted by Gasteiger charge is -2.32. The van der Waals surface area contributed by atoms with Gasteiger partial charge >= 0.3 is 12.1 Å². The fourth-order valence-electron chi connectivity index (χ4n) is 3.72. The molecular weight excluding hydrogens is 476 g/mol. The second-order valence-corrected chi connectivity index (χ2v) is 9.94. The van der Waals surface area contributed by atoms with Crippen LogP contribution in [0.25, 0.3) is 0 Å². The van der Waals surface area contributed by atoms with Crippen LogP contribution in [-0.4, -0.2) is 44.1 Å². The van der Waals surface area contributed by atoms with Gasteiger partial charge in [0.25, 0.3) is 0 Å². The van der Waals surface area contributed by atoms with Crippen LogP contribution >= 0.6 is 0 Å². The van der Waals surface area contributed by atoms with Gasteiger partial charge < -0.3 is 10.8 Å². The topological polar surface area (TPSA) is 109 Å². The molecule has 11 heteroatoms. The minimum absolute atomic E-state index is 0.0214. The number of alkyl halides is 4. The number of hydrogen-bond donors (Lipinski definition) is 3. The first kappa shape index (κ1) is 27.7. The highest BCUT2D eigenvalue weighted by molar-refractivity contribution is 7.89. The molecule has 2 unspecified atom stereocenters. The Kier molecular flexibility index (Phi) is 10.0. The van der Waals surface area contributed by atoms with Crippen LogP contribution in [0.2, 0.25) is 0 Å². The molecule has 0 aliphatic heterocycles. The standard InChI is InChI=1S/C21H27FN2O2S.C2HF3O2/c22-11-4-12-27(25,26)24-15-17-7-8-18-9-10-21(23)20(19(18)14-17)13-16-5-2-1-3-6-16;3-2(4,5)1(6)7/h1-3,5-8,14,20-21,24H,4,9-13,15,23H2;(H,6,7). The molecule has 2 atom stereocenters. The highest BCUT2D eigenvalue weighted by Gasteiger charge is 2.38. The molecule has 0 saturated carbocycles. The first-order valence-electron chi connectivity index (χ1n) is 10.7. The first-order chi connectivity index (χ1) is 15.9. The number of halogens is 4. The Morgan fingerprint density at radius 3 is 2.35 bits per heavy atom. The van der Waals surface area contributed by atoms with Crippen molar-refractivity contribution in [3.63, 3.8) is 0 Å². The fraction of sp³-hybridized carbons (Fsp3) is 0.435. The molecule has 1 aliphatic carbocycles. The zero-order valence-electron chi connectivity index (χ0n) is 18.4. The summed E-state index contributed by atoms with van der Waals surface area (Å²) in [5.74, 6) is -2.72. The summed E-state index contributed by atoms with van der Waals surface area (Å²) < 4.78 is 70.4. The molecule has 0 bridgehead atoms. The normalized spacial score (nSPS) is 17.9. The van der Waals surface area contributed by atoms with Crippen molar-refractivity contribution in [2.24, 2.45) is 5.73 Å². The van der Waals surface area contributed by atoms with Crippen LogP contribution in [-0.2, 0) is 34.2 Å². The maximum Gasteiger partial charge on any atom is 0.490 e. The molecule has 2 aromatic carbocycles. The van der Waals surface area contributed by atoms with Crippen LogP contribution in [0.5, 0.6) is 0 Å². The van der Waals surface area contributed by atoms with E-state index in [9.17, 15) is 26.0 Å². The Morgan fingerprint density at radius 1 is 1.12 bits per heavy atom. The number of nitrogens with two attached hydrogens (primary N) is 1. The van der Waals surface area contributed by atoms with Crippen molar-refractivity contribution in [3.8, 4) is 0 Å². The number of sulfonamides is 1. The van der Waals surface area contributed by atoms with Crippen LogP contribution in [0.1, 0.15) is 41.0 Å². The Morgan fingerprint density at radius 2 is 1.76 bits per heavy atom. The summed E-state index contributed by atoms with van der Waals surface area (Å²) in [7, 11) is -3.45. The molecule has 3 rings (SSSR count). The number of rotatable bonds is 8. The van der Waals surface area contributed by atoms with Gasteiger partial charge in [-0.15, -0.1) is 0 Å². The maximum absolute atomic E-state index is 12.2. The summed E-state index contributed by atoms with van der Waals surface area (Å²) in [6.45, 7) is -0.409. The summed E-state index contributed by atoms with van der Waals surface area (Å²) >= 11 is 0. The van der Waals surface area contributed by atoms with Gasteiger partial charge in [-0.2, -0.15) is 13.2 Å². The number of carboxylic acid groups (broad SMARTS) is 1. The summed E-state index contributed by atoms with van der Waals surface area (Å²) in [6.07, 6.45) is -2.28. The molecule has 0 saturated heterocycles. The van der Waals surface area contributed by atoms with Crippen molar-refractivity contribution >= 4 is 16.0 Å². The predicted molar refractivity (Wildman–Crippen MR) is 121 cm³/mol. The van der Waals surface area contributed by atoms with E-state index in [2.05, 4.69) is 29.0 Å². The Bertz CT molecular complexity index is 1050. The third-order valence-electron chi connectivity index (χ3n) is 5.46. The number of hydrogen-bond acceptors (Lipinski definition) is 4. The molecule has 6 nitrogen and oxygen atoms in total. The molecule has 0 heterocycles. The van der Waals surface area contributed by atoms with E-state index in [4.69, 9.17) is 15.6 Å². The summed E-state index contributed by atoms with van der Waals surface area (Å²) in [4.78, 5) is 8.90. The second-order valence-electron chi connectivity index (χ2n) is 8.02. The highest BCUT2D eigenvalue weighted by Crippen LogP contribution is 2.34. The third kappa shape index (κ3) is 8.69. The van der Waals surface area contributed by atoms with Gasteiger partial charge in [0.15, 0.2) is 0 Å². The van der Waals surface area contributed by atoms with Crippen molar-refractivity contribution in [1.82, 2.24) is 4.72 Å². The van der Waals surface area contributed by atoms with Crippen LogP contribution < -0.4 is 10.5 Å². The molecule has 0 radical (unpaired) electrons. The Hall–Kier alpha value is -2.50. The minimum atomic E-state index is -5.08. The number of carboxylic acids is 1.